The second kappa shape index (κ2) is 6.45. The second-order valence-electron chi connectivity index (χ2n) is 4.92. The van der Waals surface area contributed by atoms with Gasteiger partial charge in [0, 0.05) is 41.8 Å². The zero-order valence-corrected chi connectivity index (χ0v) is 12.5. The number of halogens is 1. The molecule has 0 amide bonds. The molecule has 0 atom stereocenters. The molecular formula is C13H18BrN3O2. The summed E-state index contributed by atoms with van der Waals surface area (Å²) in [5, 5.41) is 14.2. The molecule has 1 N–H and O–H groups in total. The minimum Gasteiger partial charge on any atom is -0.311 e. The molecule has 1 aliphatic carbocycles. The molecule has 104 valence electrons. The summed E-state index contributed by atoms with van der Waals surface area (Å²) in [5.74, 6) is 0. The fourth-order valence-corrected chi connectivity index (χ4v) is 2.46. The van der Waals surface area contributed by atoms with Crippen LogP contribution in [0.4, 0.5) is 5.69 Å². The summed E-state index contributed by atoms with van der Waals surface area (Å²) < 4.78 is 0.866. The molecule has 0 radical (unpaired) electrons. The Labute approximate surface area is 121 Å². The zero-order chi connectivity index (χ0) is 13.8. The normalized spacial score (nSPS) is 14.9. The van der Waals surface area contributed by atoms with Crippen molar-refractivity contribution in [3.05, 3.63) is 38.3 Å². The quantitative estimate of drug-likeness (QED) is 0.475. The van der Waals surface area contributed by atoms with E-state index < -0.39 is 0 Å². The molecule has 1 aromatic rings. The van der Waals surface area contributed by atoms with E-state index in [4.69, 9.17) is 0 Å². The first-order valence-electron chi connectivity index (χ1n) is 6.41. The van der Waals surface area contributed by atoms with Gasteiger partial charge in [-0.1, -0.05) is 15.9 Å². The summed E-state index contributed by atoms with van der Waals surface area (Å²) in [7, 11) is 2.13. The molecule has 1 aromatic carbocycles. The van der Waals surface area contributed by atoms with Crippen molar-refractivity contribution in [1.82, 2.24) is 10.2 Å². The van der Waals surface area contributed by atoms with Crippen LogP contribution in [0.15, 0.2) is 22.7 Å². The van der Waals surface area contributed by atoms with E-state index >= 15 is 0 Å². The monoisotopic (exact) mass is 327 g/mol. The molecule has 0 spiro atoms. The number of nitrogens with one attached hydrogen (secondary N) is 1. The van der Waals surface area contributed by atoms with E-state index in [1.807, 2.05) is 0 Å². The average molecular weight is 328 g/mol. The molecule has 1 fully saturated rings. The molecule has 6 heteroatoms. The molecule has 2 rings (SSSR count). The molecule has 1 aliphatic rings. The molecule has 19 heavy (non-hydrogen) atoms. The Morgan fingerprint density at radius 3 is 2.89 bits per heavy atom. The van der Waals surface area contributed by atoms with Crippen molar-refractivity contribution in [3.8, 4) is 0 Å². The van der Waals surface area contributed by atoms with Crippen LogP contribution in [0.25, 0.3) is 0 Å². The standard InChI is InChI=1S/C13H18BrN3O2/c1-16(12-3-4-12)7-6-15-9-10-8-11(14)2-5-13(10)17(18)19/h2,5,8,12,15H,3-4,6-7,9H2,1H3. The maximum Gasteiger partial charge on any atom is 0.273 e. The van der Waals surface area contributed by atoms with Crippen LogP contribution in [0.5, 0.6) is 0 Å². The lowest BCUT2D eigenvalue weighted by molar-refractivity contribution is -0.385. The minimum atomic E-state index is -0.334. The maximum atomic E-state index is 10.9. The summed E-state index contributed by atoms with van der Waals surface area (Å²) in [5.41, 5.74) is 0.889. The number of hydrogen-bond acceptors (Lipinski definition) is 4. The second-order valence-corrected chi connectivity index (χ2v) is 5.83. The minimum absolute atomic E-state index is 0.172. The van der Waals surface area contributed by atoms with Gasteiger partial charge in [-0.2, -0.15) is 0 Å². The van der Waals surface area contributed by atoms with Crippen LogP contribution in [0, 0.1) is 10.1 Å². The van der Waals surface area contributed by atoms with Crippen LogP contribution >= 0.6 is 15.9 Å². The summed E-state index contributed by atoms with van der Waals surface area (Å²) in [4.78, 5) is 12.9. The first-order chi connectivity index (χ1) is 9.08. The van der Waals surface area contributed by atoms with E-state index in [1.54, 1.807) is 12.1 Å². The van der Waals surface area contributed by atoms with E-state index in [1.165, 1.54) is 18.9 Å². The van der Waals surface area contributed by atoms with Crippen molar-refractivity contribution in [3.63, 3.8) is 0 Å². The third kappa shape index (κ3) is 4.26. The maximum absolute atomic E-state index is 10.9. The molecular weight excluding hydrogens is 310 g/mol. The Kier molecular flexibility index (Phi) is 4.90. The van der Waals surface area contributed by atoms with Crippen LogP contribution in [-0.4, -0.2) is 36.0 Å². The summed E-state index contributed by atoms with van der Waals surface area (Å²) >= 11 is 3.35. The Morgan fingerprint density at radius 2 is 2.26 bits per heavy atom. The lowest BCUT2D eigenvalue weighted by Crippen LogP contribution is -2.30. The summed E-state index contributed by atoms with van der Waals surface area (Å²) in [6.07, 6.45) is 2.60. The van der Waals surface area contributed by atoms with Crippen molar-refractivity contribution in [2.24, 2.45) is 0 Å². The number of nitro groups is 1. The molecule has 0 bridgehead atoms. The van der Waals surface area contributed by atoms with Gasteiger partial charge in [0.15, 0.2) is 0 Å². The Hall–Kier alpha value is -0.980. The van der Waals surface area contributed by atoms with E-state index in [9.17, 15) is 10.1 Å². The van der Waals surface area contributed by atoms with E-state index in [0.29, 0.717) is 12.1 Å². The third-order valence-corrected chi connectivity index (χ3v) is 3.86. The van der Waals surface area contributed by atoms with Crippen LogP contribution in [-0.2, 0) is 6.54 Å². The lowest BCUT2D eigenvalue weighted by atomic mass is 10.2. The third-order valence-electron chi connectivity index (χ3n) is 3.37. The van der Waals surface area contributed by atoms with Gasteiger partial charge in [0.1, 0.15) is 0 Å². The highest BCUT2D eigenvalue weighted by molar-refractivity contribution is 9.10. The Morgan fingerprint density at radius 1 is 1.53 bits per heavy atom. The zero-order valence-electron chi connectivity index (χ0n) is 10.9. The molecule has 0 saturated heterocycles. The van der Waals surface area contributed by atoms with Gasteiger partial charge in [-0.05, 0) is 32.0 Å². The molecule has 0 aromatic heterocycles. The average Bonchev–Trinajstić information content (AvgIpc) is 3.18. The summed E-state index contributed by atoms with van der Waals surface area (Å²) in [6, 6.07) is 5.79. The Balaban J connectivity index is 1.84. The molecule has 5 nitrogen and oxygen atoms in total. The summed E-state index contributed by atoms with van der Waals surface area (Å²) in [6.45, 7) is 2.34. The first kappa shape index (κ1) is 14.4. The highest BCUT2D eigenvalue weighted by atomic mass is 79.9. The number of hydrogen-bond donors (Lipinski definition) is 1. The number of rotatable bonds is 7. The van der Waals surface area contributed by atoms with Gasteiger partial charge < -0.3 is 10.2 Å². The number of nitrogens with zero attached hydrogens (tertiary/aromatic N) is 2. The molecule has 0 heterocycles. The fraction of sp³-hybridized carbons (Fsp3) is 0.538. The van der Waals surface area contributed by atoms with Crippen molar-refractivity contribution < 1.29 is 4.92 Å². The van der Waals surface area contributed by atoms with Crippen molar-refractivity contribution in [2.75, 3.05) is 20.1 Å². The van der Waals surface area contributed by atoms with Gasteiger partial charge in [-0.25, -0.2) is 0 Å². The van der Waals surface area contributed by atoms with Gasteiger partial charge >= 0.3 is 0 Å². The topological polar surface area (TPSA) is 58.4 Å². The van der Waals surface area contributed by atoms with Crippen LogP contribution in [0.3, 0.4) is 0 Å². The first-order valence-corrected chi connectivity index (χ1v) is 7.21. The number of benzene rings is 1. The van der Waals surface area contributed by atoms with E-state index in [-0.39, 0.29) is 10.6 Å². The SMILES string of the molecule is CN(CCNCc1cc(Br)ccc1[N+](=O)[O-])C1CC1. The largest absolute Gasteiger partial charge is 0.311 e. The smallest absolute Gasteiger partial charge is 0.273 e. The van der Waals surface area contributed by atoms with Crippen LogP contribution in [0.1, 0.15) is 18.4 Å². The van der Waals surface area contributed by atoms with Crippen LogP contribution in [0.2, 0.25) is 0 Å². The van der Waals surface area contributed by atoms with Crippen LogP contribution < -0.4 is 5.32 Å². The van der Waals surface area contributed by atoms with Gasteiger partial charge in [-0.3, -0.25) is 10.1 Å². The van der Waals surface area contributed by atoms with Crippen molar-refractivity contribution >= 4 is 21.6 Å². The highest BCUT2D eigenvalue weighted by Crippen LogP contribution is 2.25. The lowest BCUT2D eigenvalue weighted by Gasteiger charge is -2.15. The number of likely N-dealkylation sites (N-methyl/N-ethyl adjacent to an activating group) is 1. The van der Waals surface area contributed by atoms with E-state index in [2.05, 4.69) is 33.2 Å². The van der Waals surface area contributed by atoms with Crippen molar-refractivity contribution in [1.29, 1.82) is 0 Å². The van der Waals surface area contributed by atoms with Gasteiger partial charge in [0.2, 0.25) is 0 Å². The van der Waals surface area contributed by atoms with Gasteiger partial charge in [0.25, 0.3) is 5.69 Å². The molecule has 1 saturated carbocycles. The van der Waals surface area contributed by atoms with Gasteiger partial charge in [-0.15, -0.1) is 0 Å². The van der Waals surface area contributed by atoms with Gasteiger partial charge in [0.05, 0.1) is 4.92 Å². The predicted octanol–water partition coefficient (Wildman–Crippen LogP) is 2.54. The fourth-order valence-electron chi connectivity index (χ4n) is 2.05. The highest BCUT2D eigenvalue weighted by Gasteiger charge is 2.25. The predicted molar refractivity (Wildman–Crippen MR) is 78.2 cm³/mol. The van der Waals surface area contributed by atoms with E-state index in [0.717, 1.165) is 23.6 Å². The van der Waals surface area contributed by atoms with Crippen molar-refractivity contribution in [2.45, 2.75) is 25.4 Å². The molecule has 0 aliphatic heterocycles. The Bertz CT molecular complexity index is 463. The number of nitro benzene ring substituents is 1. The molecule has 0 unspecified atom stereocenters.